The number of carbonyl (C=O) groups is 1. The summed E-state index contributed by atoms with van der Waals surface area (Å²) in [6, 6.07) is 23.4. The van der Waals surface area contributed by atoms with Gasteiger partial charge in [0.15, 0.2) is 5.71 Å². The maximum atomic E-state index is 13.9. The number of rotatable bonds is 11. The molecule has 0 saturated heterocycles. The molecule has 0 spiro atoms. The van der Waals surface area contributed by atoms with E-state index in [9.17, 15) is 4.79 Å². The molecule has 0 unspecified atom stereocenters. The van der Waals surface area contributed by atoms with Crippen LogP contribution in [0.15, 0.2) is 144 Å². The molecule has 282 valence electrons. The predicted octanol–water partition coefficient (Wildman–Crippen LogP) is 9.16. The van der Waals surface area contributed by atoms with Gasteiger partial charge in [-0.2, -0.15) is 4.58 Å². The molecule has 7 heteroatoms. The fraction of sp³-hybridized carbons (Fsp3) is 0.292. The Kier molecular flexibility index (Phi) is 10.9. The zero-order chi connectivity index (χ0) is 38.7. The average molecular weight is 733 g/mol. The minimum atomic E-state index is -0.205. The number of carbonyl (C=O) groups excluding carboxylic acids is 1. The number of amides is 1. The van der Waals surface area contributed by atoms with Gasteiger partial charge in [-0.05, 0) is 108 Å². The zero-order valence-electron chi connectivity index (χ0n) is 33.3. The highest BCUT2D eigenvalue weighted by Crippen LogP contribution is 2.48. The Balaban J connectivity index is 1.24. The van der Waals surface area contributed by atoms with Gasteiger partial charge in [-0.25, -0.2) is 0 Å². The molecule has 2 N–H and O–H groups in total. The highest BCUT2D eigenvalue weighted by molar-refractivity contribution is 6.04. The number of nitrogens with one attached hydrogen (secondary N) is 2. The topological polar surface area (TPSA) is 59.9 Å². The molecule has 0 fully saturated rings. The van der Waals surface area contributed by atoms with Crippen molar-refractivity contribution in [1.29, 1.82) is 0 Å². The number of allylic oxidation sites excluding steroid dienone is 9. The van der Waals surface area contributed by atoms with Crippen molar-refractivity contribution in [2.24, 2.45) is 0 Å². The molecule has 3 aromatic carbocycles. The van der Waals surface area contributed by atoms with E-state index in [4.69, 9.17) is 4.74 Å². The van der Waals surface area contributed by atoms with E-state index >= 15 is 0 Å². The van der Waals surface area contributed by atoms with E-state index < -0.39 is 0 Å². The Bertz CT molecular complexity index is 2220. The van der Waals surface area contributed by atoms with E-state index in [1.807, 2.05) is 30.4 Å². The number of likely N-dealkylation sites (N-methyl/N-ethyl adjacent to an activating group) is 1. The number of fused-ring (bicyclic) bond motifs is 3. The first-order valence-corrected chi connectivity index (χ1v) is 19.6. The molecule has 55 heavy (non-hydrogen) atoms. The van der Waals surface area contributed by atoms with Crippen molar-refractivity contribution in [1.82, 2.24) is 15.8 Å². The van der Waals surface area contributed by atoms with Crippen LogP contribution < -0.4 is 20.5 Å². The number of nitrogens with zero attached hydrogens (tertiary/aromatic N) is 3. The van der Waals surface area contributed by atoms with Crippen molar-refractivity contribution in [3.8, 4) is 5.75 Å². The van der Waals surface area contributed by atoms with E-state index in [0.29, 0.717) is 11.6 Å². The van der Waals surface area contributed by atoms with E-state index in [-0.39, 0.29) is 11.3 Å². The van der Waals surface area contributed by atoms with Gasteiger partial charge in [0.25, 0.3) is 5.91 Å². The molecule has 7 rings (SSSR count). The monoisotopic (exact) mass is 732 g/mol. The lowest BCUT2D eigenvalue weighted by Crippen LogP contribution is -2.34. The number of anilines is 1. The number of para-hydroxylation sites is 1. The number of hydrogen-bond donors (Lipinski definition) is 2. The first-order valence-electron chi connectivity index (χ1n) is 19.6. The summed E-state index contributed by atoms with van der Waals surface area (Å²) in [4.78, 5) is 18.4. The number of benzene rings is 3. The summed E-state index contributed by atoms with van der Waals surface area (Å²) < 4.78 is 9.29. The van der Waals surface area contributed by atoms with Crippen LogP contribution in [-0.2, 0) is 5.41 Å². The van der Waals surface area contributed by atoms with Gasteiger partial charge in [0.05, 0.1) is 5.41 Å². The Hall–Kier alpha value is -5.66. The summed E-state index contributed by atoms with van der Waals surface area (Å²) in [5.41, 5.74) is 17.7. The smallest absolute Gasteiger partial charge is 0.270 e. The van der Waals surface area contributed by atoms with Gasteiger partial charge in [0.1, 0.15) is 18.6 Å². The minimum absolute atomic E-state index is 0.129. The molecule has 0 aromatic heterocycles. The summed E-state index contributed by atoms with van der Waals surface area (Å²) >= 11 is 0. The zero-order valence-corrected chi connectivity index (χ0v) is 33.3. The molecule has 2 aliphatic heterocycles. The van der Waals surface area contributed by atoms with Crippen molar-refractivity contribution >= 4 is 28.6 Å². The Labute approximate surface area is 327 Å². The first kappa shape index (κ1) is 37.6. The van der Waals surface area contributed by atoms with Gasteiger partial charge >= 0.3 is 0 Å². The van der Waals surface area contributed by atoms with Gasteiger partial charge < -0.3 is 15.1 Å². The maximum Gasteiger partial charge on any atom is 0.270 e. The van der Waals surface area contributed by atoms with E-state index in [0.717, 1.165) is 77.4 Å². The highest BCUT2D eigenvalue weighted by atomic mass is 16.5. The summed E-state index contributed by atoms with van der Waals surface area (Å²) in [5.74, 6) is 1.52. The lowest BCUT2D eigenvalue weighted by atomic mass is 9.80. The van der Waals surface area contributed by atoms with Crippen molar-refractivity contribution in [3.63, 3.8) is 0 Å². The molecule has 2 heterocycles. The molecule has 0 saturated carbocycles. The molecule has 0 bridgehead atoms. The highest BCUT2D eigenvalue weighted by Gasteiger charge is 2.42. The Morgan fingerprint density at radius 2 is 1.69 bits per heavy atom. The standard InChI is InChI=1S/C48H53N5O2/c1-8-53(9-2)36-28-29-39-43(32-36)55-46-34(25-30-44-48(3,4)41-21-12-13-22-42(41)52(44)7)17-14-20-40(46)45(39)37-18-10-11-19-38(37)47(54)50-49-31-15-16-33-23-26-35(27-24-33)51(5)6/h10-13,15-16,18-19,21-32,35,54H,8-9,14,17,20H2,1-7H3/p+1/b31-15-,33-16?. The van der Waals surface area contributed by atoms with Crippen LogP contribution in [0.5, 0.6) is 5.75 Å². The van der Waals surface area contributed by atoms with Crippen LogP contribution in [0.2, 0.25) is 0 Å². The molecule has 0 radical (unpaired) electrons. The van der Waals surface area contributed by atoms with Crippen LogP contribution in [-0.4, -0.2) is 61.4 Å². The third-order valence-corrected chi connectivity index (χ3v) is 11.4. The van der Waals surface area contributed by atoms with Gasteiger partial charge in [0.2, 0.25) is 5.69 Å². The Morgan fingerprint density at radius 1 is 0.945 bits per heavy atom. The summed E-state index contributed by atoms with van der Waals surface area (Å²) in [5, 5.41) is 0. The number of ether oxygens (including phenoxy) is 1. The van der Waals surface area contributed by atoms with Crippen molar-refractivity contribution in [2.45, 2.75) is 58.4 Å². The van der Waals surface area contributed by atoms with Gasteiger partial charge in [-0.15, -0.1) is 0 Å². The van der Waals surface area contributed by atoms with Crippen LogP contribution in [0, 0.1) is 0 Å². The van der Waals surface area contributed by atoms with Crippen molar-refractivity contribution < 1.29 is 14.1 Å². The van der Waals surface area contributed by atoms with Crippen molar-refractivity contribution in [2.75, 3.05) is 39.1 Å². The Morgan fingerprint density at radius 3 is 2.44 bits per heavy atom. The van der Waals surface area contributed by atoms with Gasteiger partial charge in [-0.3, -0.25) is 15.1 Å². The number of hydrogen-bond acceptors (Lipinski definition) is 5. The van der Waals surface area contributed by atoms with Crippen LogP contribution in [0.4, 0.5) is 11.4 Å². The fourth-order valence-electron chi connectivity index (χ4n) is 8.33. The first-order chi connectivity index (χ1) is 26.6. The molecule has 3 aromatic rings. The number of hydrazine groups is 1. The normalized spacial score (nSPS) is 18.5. The second-order valence-electron chi connectivity index (χ2n) is 15.3. The molecule has 2 aliphatic carbocycles. The van der Waals surface area contributed by atoms with Gasteiger partial charge in [-0.1, -0.05) is 66.8 Å². The van der Waals surface area contributed by atoms with Crippen LogP contribution in [0.1, 0.15) is 74.0 Å². The van der Waals surface area contributed by atoms with Crippen LogP contribution in [0.3, 0.4) is 0 Å². The van der Waals surface area contributed by atoms with Gasteiger partial charge in [0, 0.05) is 77.1 Å². The lowest BCUT2D eigenvalue weighted by Gasteiger charge is -2.32. The van der Waals surface area contributed by atoms with E-state index in [1.54, 1.807) is 6.20 Å². The third kappa shape index (κ3) is 7.41. The quantitative estimate of drug-likeness (QED) is 0.152. The van der Waals surface area contributed by atoms with Crippen LogP contribution >= 0.6 is 0 Å². The van der Waals surface area contributed by atoms with E-state index in [2.05, 4.69) is 159 Å². The second-order valence-corrected chi connectivity index (χ2v) is 15.3. The second kappa shape index (κ2) is 16.0. The third-order valence-electron chi connectivity index (χ3n) is 11.4. The molecule has 7 nitrogen and oxygen atoms in total. The van der Waals surface area contributed by atoms with E-state index in [1.165, 1.54) is 22.5 Å². The molecular formula is C48H54N5O2+. The maximum absolute atomic E-state index is 13.9. The lowest BCUT2D eigenvalue weighted by molar-refractivity contribution is -0.401. The summed E-state index contributed by atoms with van der Waals surface area (Å²) in [6.07, 6.45) is 21.5. The summed E-state index contributed by atoms with van der Waals surface area (Å²) in [6.45, 7) is 10.8. The summed E-state index contributed by atoms with van der Waals surface area (Å²) in [7, 11) is 6.29. The minimum Gasteiger partial charge on any atom is -0.456 e. The molecule has 1 amide bonds. The predicted molar refractivity (Wildman–Crippen MR) is 227 cm³/mol. The fourth-order valence-corrected chi connectivity index (χ4v) is 8.33. The SMILES string of the molecule is CCN(CC)c1ccc2c(c1)OC1=C(/C=C/C3=[N+](C)c4ccccc4C3(C)C)CCCC1=C2c1ccccc1C(=O)NN/C=C\C=C1C=CC(N(C)C)C=C1. The van der Waals surface area contributed by atoms with Crippen LogP contribution in [0.25, 0.3) is 5.57 Å². The average Bonchev–Trinajstić information content (AvgIpc) is 3.39. The largest absolute Gasteiger partial charge is 0.456 e. The molecule has 4 aliphatic rings. The van der Waals surface area contributed by atoms with Crippen molar-refractivity contribution in [3.05, 3.63) is 166 Å². The molecular weight excluding hydrogens is 679 g/mol. The molecule has 0 atom stereocenters.